The van der Waals surface area contributed by atoms with Gasteiger partial charge in [-0.2, -0.15) is 0 Å². The number of hydrogen-bond donors (Lipinski definition) is 3. The summed E-state index contributed by atoms with van der Waals surface area (Å²) in [6.45, 7) is 1.48. The summed E-state index contributed by atoms with van der Waals surface area (Å²) in [7, 11) is 0. The van der Waals surface area contributed by atoms with Gasteiger partial charge in [0.05, 0.1) is 12.2 Å². The molecule has 0 fully saturated rings. The van der Waals surface area contributed by atoms with Crippen molar-refractivity contribution >= 4 is 11.8 Å². The van der Waals surface area contributed by atoms with E-state index in [-0.39, 0.29) is 6.61 Å². The van der Waals surface area contributed by atoms with Crippen LogP contribution in [0.2, 0.25) is 0 Å². The van der Waals surface area contributed by atoms with E-state index in [1.807, 2.05) is 0 Å². The third-order valence-corrected chi connectivity index (χ3v) is 2.24. The van der Waals surface area contributed by atoms with Crippen LogP contribution in [0, 0.1) is 11.8 Å². The molecule has 0 aliphatic rings. The van der Waals surface area contributed by atoms with Gasteiger partial charge in [0.15, 0.2) is 0 Å². The smallest absolute Gasteiger partial charge is 0.253 e. The maximum absolute atomic E-state index is 11.8. The minimum atomic E-state index is -0.753. The van der Waals surface area contributed by atoms with E-state index >= 15 is 0 Å². The Morgan fingerprint density at radius 2 is 2.26 bits per heavy atom. The van der Waals surface area contributed by atoms with Gasteiger partial charge in [0.1, 0.15) is 6.04 Å². The molecule has 1 rings (SSSR count). The van der Waals surface area contributed by atoms with E-state index in [9.17, 15) is 9.59 Å². The van der Waals surface area contributed by atoms with Crippen LogP contribution in [0.25, 0.3) is 0 Å². The second kappa shape index (κ2) is 7.13. The fourth-order valence-corrected chi connectivity index (χ4v) is 1.20. The van der Waals surface area contributed by atoms with Crippen LogP contribution >= 0.6 is 0 Å². The summed E-state index contributed by atoms with van der Waals surface area (Å²) in [5.41, 5.74) is 5.92. The number of carbonyl (C=O) groups is 2. The summed E-state index contributed by atoms with van der Waals surface area (Å²) in [5, 5.41) is 11.1. The molecular weight excluding hydrogens is 246 g/mol. The number of nitrogens with one attached hydrogen (secondary N) is 1. The van der Waals surface area contributed by atoms with Crippen molar-refractivity contribution < 1.29 is 14.7 Å². The Bertz CT molecular complexity index is 531. The molecule has 0 aromatic carbocycles. The molecule has 1 aromatic rings. The van der Waals surface area contributed by atoms with Crippen LogP contribution in [-0.2, 0) is 4.79 Å². The summed E-state index contributed by atoms with van der Waals surface area (Å²) in [6, 6.07) is 0.803. The predicted molar refractivity (Wildman–Crippen MR) is 68.9 cm³/mol. The van der Waals surface area contributed by atoms with Crippen LogP contribution in [0.15, 0.2) is 18.5 Å². The molecule has 100 valence electrons. The van der Waals surface area contributed by atoms with Crippen molar-refractivity contribution in [2.24, 2.45) is 5.73 Å². The van der Waals surface area contributed by atoms with Crippen molar-refractivity contribution in [2.45, 2.75) is 19.4 Å². The van der Waals surface area contributed by atoms with Gasteiger partial charge < -0.3 is 16.2 Å². The highest BCUT2D eigenvalue weighted by molar-refractivity contribution is 5.97. The van der Waals surface area contributed by atoms with Gasteiger partial charge in [0, 0.05) is 24.4 Å². The number of amides is 2. The van der Waals surface area contributed by atoms with Crippen LogP contribution in [0.4, 0.5) is 0 Å². The number of aliphatic hydroxyl groups is 1. The maximum atomic E-state index is 11.8. The average molecular weight is 261 g/mol. The Morgan fingerprint density at radius 1 is 1.53 bits per heavy atom. The Morgan fingerprint density at radius 3 is 2.89 bits per heavy atom. The zero-order valence-corrected chi connectivity index (χ0v) is 10.5. The first kappa shape index (κ1) is 14.7. The minimum Gasteiger partial charge on any atom is -0.395 e. The van der Waals surface area contributed by atoms with E-state index in [1.165, 1.54) is 19.3 Å². The molecular formula is C13H15N3O3. The van der Waals surface area contributed by atoms with E-state index < -0.39 is 17.9 Å². The SMILES string of the molecule is CC(NC(=O)c1cncc(C#CCCO)c1)C(N)=O. The van der Waals surface area contributed by atoms with Gasteiger partial charge >= 0.3 is 0 Å². The van der Waals surface area contributed by atoms with E-state index in [1.54, 1.807) is 6.07 Å². The number of aromatic nitrogens is 1. The molecule has 0 spiro atoms. The van der Waals surface area contributed by atoms with Crippen molar-refractivity contribution in [3.8, 4) is 11.8 Å². The highest BCUT2D eigenvalue weighted by Gasteiger charge is 2.13. The Labute approximate surface area is 111 Å². The topological polar surface area (TPSA) is 105 Å². The molecule has 2 amide bonds. The van der Waals surface area contributed by atoms with E-state index in [0.29, 0.717) is 17.5 Å². The summed E-state index contributed by atoms with van der Waals surface area (Å²) >= 11 is 0. The number of nitrogens with zero attached hydrogens (tertiary/aromatic N) is 1. The summed E-state index contributed by atoms with van der Waals surface area (Å²) in [5.74, 6) is 4.45. The lowest BCUT2D eigenvalue weighted by Gasteiger charge is -2.09. The molecule has 0 saturated carbocycles. The monoisotopic (exact) mass is 261 g/mol. The normalized spacial score (nSPS) is 11.1. The molecule has 6 nitrogen and oxygen atoms in total. The fourth-order valence-electron chi connectivity index (χ4n) is 1.20. The average Bonchev–Trinajstić information content (AvgIpc) is 2.39. The lowest BCUT2D eigenvalue weighted by Crippen LogP contribution is -2.42. The summed E-state index contributed by atoms with van der Waals surface area (Å²) < 4.78 is 0. The Kier molecular flexibility index (Phi) is 5.51. The van der Waals surface area contributed by atoms with Crippen molar-refractivity contribution in [2.75, 3.05) is 6.61 Å². The van der Waals surface area contributed by atoms with Gasteiger partial charge in [-0.1, -0.05) is 11.8 Å². The van der Waals surface area contributed by atoms with Gasteiger partial charge in [-0.25, -0.2) is 0 Å². The van der Waals surface area contributed by atoms with Crippen LogP contribution in [-0.4, -0.2) is 34.6 Å². The van der Waals surface area contributed by atoms with E-state index in [2.05, 4.69) is 22.1 Å². The van der Waals surface area contributed by atoms with Crippen molar-refractivity contribution in [3.05, 3.63) is 29.6 Å². The molecule has 6 heteroatoms. The van der Waals surface area contributed by atoms with Gasteiger partial charge in [-0.15, -0.1) is 0 Å². The molecule has 1 aromatic heterocycles. The van der Waals surface area contributed by atoms with Crippen LogP contribution in [0.1, 0.15) is 29.3 Å². The lowest BCUT2D eigenvalue weighted by molar-refractivity contribution is -0.119. The zero-order chi connectivity index (χ0) is 14.3. The molecule has 1 unspecified atom stereocenters. The van der Waals surface area contributed by atoms with Crippen molar-refractivity contribution in [1.29, 1.82) is 0 Å². The van der Waals surface area contributed by atoms with Crippen molar-refractivity contribution in [1.82, 2.24) is 10.3 Å². The number of aliphatic hydroxyl groups excluding tert-OH is 1. The molecule has 0 bridgehead atoms. The second-order valence-corrected chi connectivity index (χ2v) is 3.84. The quantitative estimate of drug-likeness (QED) is 0.630. The Balaban J connectivity index is 2.79. The van der Waals surface area contributed by atoms with Crippen LogP contribution in [0.5, 0.6) is 0 Å². The third-order valence-electron chi connectivity index (χ3n) is 2.24. The molecule has 1 heterocycles. The van der Waals surface area contributed by atoms with Gasteiger partial charge in [-0.3, -0.25) is 14.6 Å². The maximum Gasteiger partial charge on any atom is 0.253 e. The molecule has 4 N–H and O–H groups in total. The molecule has 0 saturated heterocycles. The van der Waals surface area contributed by atoms with Crippen LogP contribution in [0.3, 0.4) is 0 Å². The minimum absolute atomic E-state index is 0.0171. The number of rotatable bonds is 4. The van der Waals surface area contributed by atoms with E-state index in [0.717, 1.165) is 0 Å². The largest absolute Gasteiger partial charge is 0.395 e. The number of primary amides is 1. The first-order valence-electron chi connectivity index (χ1n) is 5.69. The first-order valence-corrected chi connectivity index (χ1v) is 5.69. The van der Waals surface area contributed by atoms with Gasteiger partial charge in [0.2, 0.25) is 5.91 Å². The second-order valence-electron chi connectivity index (χ2n) is 3.84. The number of nitrogens with two attached hydrogens (primary N) is 1. The molecule has 0 radical (unpaired) electrons. The highest BCUT2D eigenvalue weighted by Crippen LogP contribution is 2.02. The number of hydrogen-bond acceptors (Lipinski definition) is 4. The summed E-state index contributed by atoms with van der Waals surface area (Å²) in [4.78, 5) is 26.5. The fraction of sp³-hybridized carbons (Fsp3) is 0.308. The molecule has 0 aliphatic carbocycles. The zero-order valence-electron chi connectivity index (χ0n) is 10.5. The molecule has 19 heavy (non-hydrogen) atoms. The number of pyridine rings is 1. The lowest BCUT2D eigenvalue weighted by atomic mass is 10.2. The highest BCUT2D eigenvalue weighted by atomic mass is 16.2. The van der Waals surface area contributed by atoms with Crippen molar-refractivity contribution in [3.63, 3.8) is 0 Å². The predicted octanol–water partition coefficient (Wildman–Crippen LogP) is -0.581. The van der Waals surface area contributed by atoms with Crippen LogP contribution < -0.4 is 11.1 Å². The standard InChI is InChI=1S/C13H15N3O3/c1-9(12(14)18)16-13(19)11-6-10(7-15-8-11)4-2-3-5-17/h6-9,17H,3,5H2,1H3,(H2,14,18)(H,16,19). The van der Waals surface area contributed by atoms with E-state index in [4.69, 9.17) is 10.8 Å². The third kappa shape index (κ3) is 4.77. The Hall–Kier alpha value is -2.39. The summed E-state index contributed by atoms with van der Waals surface area (Å²) in [6.07, 6.45) is 3.24. The first-order chi connectivity index (χ1) is 9.04. The molecule has 1 atom stereocenters. The number of carbonyl (C=O) groups excluding carboxylic acids is 2. The van der Waals surface area contributed by atoms with Gasteiger partial charge in [-0.05, 0) is 13.0 Å². The molecule has 0 aliphatic heterocycles. The van der Waals surface area contributed by atoms with Gasteiger partial charge in [0.25, 0.3) is 5.91 Å².